The molecule has 0 aromatic heterocycles. The lowest BCUT2D eigenvalue weighted by Gasteiger charge is -2.05. The van der Waals surface area contributed by atoms with Gasteiger partial charge in [0.05, 0.1) is 30.4 Å². The lowest BCUT2D eigenvalue weighted by Crippen LogP contribution is -2.03. The van der Waals surface area contributed by atoms with Crippen LogP contribution in [0.5, 0.6) is 0 Å². The largest absolute Gasteiger partial charge is 0.399 e. The molecule has 0 fully saturated rings. The number of sulfone groups is 2. The number of nitrogens with two attached hydrogens (primary N) is 6. The molecular weight excluding hydrogens is 693 g/mol. The highest BCUT2D eigenvalue weighted by Crippen LogP contribution is 2.24. The molecule has 6 rings (SSSR count). The monoisotopic (exact) mass is 728 g/mol. The molecule has 6 aromatic rings. The van der Waals surface area contributed by atoms with E-state index in [0.717, 1.165) is 0 Å². The third kappa shape index (κ3) is 9.63. The van der Waals surface area contributed by atoms with Crippen molar-refractivity contribution in [1.82, 2.24) is 0 Å². The van der Waals surface area contributed by atoms with Crippen LogP contribution in [0.4, 0.5) is 34.1 Å². The van der Waals surface area contributed by atoms with Crippen molar-refractivity contribution in [2.45, 2.75) is 29.4 Å². The number of anilines is 6. The Labute approximate surface area is 293 Å². The molecule has 11 nitrogen and oxygen atoms in total. The van der Waals surface area contributed by atoms with Gasteiger partial charge in [-0.15, -0.1) is 0 Å². The summed E-state index contributed by atoms with van der Waals surface area (Å²) in [5.74, 6) is 0. The Hall–Kier alpha value is -5.83. The standard InChI is InChI=1S/2C12H12N2O2S.C12H12N2OS/c13-9-1-5-11(6-2-9)17(15,16)12-7-3-10(14)4-8-12;13-9-3-1-5-11(7-9)17(15,16)12-6-2-4-10(14)8-12;13-9-3-1-5-11(7-9)16(15)12-6-2-4-10(14)8-12/h2*1-8H,13-14H2;1-8H,13-14H2. The molecule has 0 amide bonds. The Morgan fingerprint density at radius 2 is 0.640 bits per heavy atom. The van der Waals surface area contributed by atoms with Gasteiger partial charge in [0.25, 0.3) is 0 Å². The summed E-state index contributed by atoms with van der Waals surface area (Å²) in [7, 11) is -8.25. The van der Waals surface area contributed by atoms with Crippen LogP contribution < -0.4 is 34.4 Å². The summed E-state index contributed by atoms with van der Waals surface area (Å²) < 4.78 is 61.0. The van der Waals surface area contributed by atoms with Crippen molar-refractivity contribution < 1.29 is 21.0 Å². The predicted molar refractivity (Wildman–Crippen MR) is 201 cm³/mol. The van der Waals surface area contributed by atoms with Crippen molar-refractivity contribution in [2.24, 2.45) is 0 Å². The molecule has 0 atom stereocenters. The molecule has 0 spiro atoms. The highest BCUT2D eigenvalue weighted by Gasteiger charge is 2.18. The molecule has 0 heterocycles. The van der Waals surface area contributed by atoms with Gasteiger partial charge in [0.1, 0.15) is 0 Å². The van der Waals surface area contributed by atoms with Crippen LogP contribution in [0.15, 0.2) is 175 Å². The molecular formula is C36H36N6O5S3. The van der Waals surface area contributed by atoms with E-state index >= 15 is 0 Å². The van der Waals surface area contributed by atoms with E-state index in [1.54, 1.807) is 97.1 Å². The Morgan fingerprint density at radius 3 is 0.960 bits per heavy atom. The van der Waals surface area contributed by atoms with Gasteiger partial charge in [-0.3, -0.25) is 0 Å². The maximum atomic E-state index is 12.2. The number of hydrogen-bond donors (Lipinski definition) is 6. The van der Waals surface area contributed by atoms with Gasteiger partial charge in [-0.2, -0.15) is 0 Å². The number of rotatable bonds is 6. The Kier molecular flexibility index (Phi) is 11.9. The molecule has 0 aliphatic rings. The smallest absolute Gasteiger partial charge is 0.206 e. The summed E-state index contributed by atoms with van der Waals surface area (Å²) in [6, 6.07) is 38.6. The minimum atomic E-state index is -3.54. The van der Waals surface area contributed by atoms with Crippen LogP contribution in [0.1, 0.15) is 0 Å². The second-order valence-electron chi connectivity index (χ2n) is 10.7. The normalized spacial score (nSPS) is 11.1. The van der Waals surface area contributed by atoms with Crippen LogP contribution in [0.3, 0.4) is 0 Å². The van der Waals surface area contributed by atoms with Crippen LogP contribution in [0, 0.1) is 0 Å². The van der Waals surface area contributed by atoms with E-state index in [-0.39, 0.29) is 19.6 Å². The second-order valence-corrected chi connectivity index (χ2v) is 16.1. The quantitative estimate of drug-likeness (QED) is 0.119. The van der Waals surface area contributed by atoms with E-state index in [1.807, 2.05) is 0 Å². The lowest BCUT2D eigenvalue weighted by molar-refractivity contribution is 0.594. The third-order valence-electron chi connectivity index (χ3n) is 6.86. The van der Waals surface area contributed by atoms with Gasteiger partial charge in [0.15, 0.2) is 0 Å². The first-order valence-corrected chi connectivity index (χ1v) is 18.8. The van der Waals surface area contributed by atoms with Crippen molar-refractivity contribution in [3.63, 3.8) is 0 Å². The average Bonchev–Trinajstić information content (AvgIpc) is 3.09. The maximum Gasteiger partial charge on any atom is 0.206 e. The lowest BCUT2D eigenvalue weighted by atomic mass is 10.3. The fourth-order valence-corrected chi connectivity index (χ4v) is 8.12. The molecule has 258 valence electrons. The predicted octanol–water partition coefficient (Wildman–Crippen LogP) is 5.39. The molecule has 0 unspecified atom stereocenters. The van der Waals surface area contributed by atoms with E-state index in [9.17, 15) is 21.0 Å². The highest BCUT2D eigenvalue weighted by atomic mass is 32.2. The summed E-state index contributed by atoms with van der Waals surface area (Å²) >= 11 is 0. The van der Waals surface area contributed by atoms with Crippen molar-refractivity contribution in [3.8, 4) is 0 Å². The number of nitrogen functional groups attached to an aromatic ring is 6. The molecule has 0 radical (unpaired) electrons. The second kappa shape index (κ2) is 16.0. The molecule has 0 saturated carbocycles. The van der Waals surface area contributed by atoms with E-state index in [1.165, 1.54) is 48.5 Å². The van der Waals surface area contributed by atoms with Gasteiger partial charge in [-0.25, -0.2) is 21.0 Å². The molecule has 0 bridgehead atoms. The van der Waals surface area contributed by atoms with E-state index in [2.05, 4.69) is 0 Å². The van der Waals surface area contributed by atoms with Crippen LogP contribution in [-0.2, 0) is 30.5 Å². The van der Waals surface area contributed by atoms with Gasteiger partial charge in [-0.05, 0) is 121 Å². The fraction of sp³-hybridized carbons (Fsp3) is 0. The van der Waals surface area contributed by atoms with E-state index in [4.69, 9.17) is 34.4 Å². The van der Waals surface area contributed by atoms with Gasteiger partial charge < -0.3 is 34.4 Å². The Balaban J connectivity index is 0.000000169. The molecule has 0 aliphatic carbocycles. The first-order valence-electron chi connectivity index (χ1n) is 14.7. The topological polar surface area (TPSA) is 241 Å². The zero-order valence-electron chi connectivity index (χ0n) is 26.6. The fourth-order valence-electron chi connectivity index (χ4n) is 4.33. The third-order valence-corrected chi connectivity index (χ3v) is 11.8. The molecule has 0 saturated heterocycles. The zero-order chi connectivity index (χ0) is 36.5. The average molecular weight is 729 g/mol. The SMILES string of the molecule is Nc1ccc(S(=O)(=O)c2ccc(N)cc2)cc1.Nc1cccc(S(=O)(=O)c2cccc(N)c2)c1.Nc1cccc(S(=O)c2cccc(N)c2)c1. The van der Waals surface area contributed by atoms with Gasteiger partial charge >= 0.3 is 0 Å². The number of benzene rings is 6. The summed E-state index contributed by atoms with van der Waals surface area (Å²) in [6.07, 6.45) is 0. The van der Waals surface area contributed by atoms with Crippen LogP contribution in [0.2, 0.25) is 0 Å². The first kappa shape index (κ1) is 37.0. The minimum Gasteiger partial charge on any atom is -0.399 e. The van der Waals surface area contributed by atoms with Crippen LogP contribution >= 0.6 is 0 Å². The molecule has 14 heteroatoms. The summed E-state index contributed by atoms with van der Waals surface area (Å²) in [4.78, 5) is 2.15. The van der Waals surface area contributed by atoms with Crippen LogP contribution in [-0.4, -0.2) is 21.0 Å². The minimum absolute atomic E-state index is 0.170. The van der Waals surface area contributed by atoms with Crippen molar-refractivity contribution in [1.29, 1.82) is 0 Å². The van der Waals surface area contributed by atoms with Crippen molar-refractivity contribution in [2.75, 3.05) is 34.4 Å². The maximum absolute atomic E-state index is 12.2. The first-order chi connectivity index (χ1) is 23.7. The van der Waals surface area contributed by atoms with Gasteiger partial charge in [0.2, 0.25) is 19.7 Å². The van der Waals surface area contributed by atoms with E-state index < -0.39 is 30.5 Å². The van der Waals surface area contributed by atoms with Crippen molar-refractivity contribution >= 4 is 64.6 Å². The molecule has 0 aliphatic heterocycles. The van der Waals surface area contributed by atoms with E-state index in [0.29, 0.717) is 43.9 Å². The Bertz CT molecular complexity index is 2180. The molecule has 6 aromatic carbocycles. The zero-order valence-corrected chi connectivity index (χ0v) is 29.0. The molecule has 50 heavy (non-hydrogen) atoms. The van der Waals surface area contributed by atoms with Crippen molar-refractivity contribution in [3.05, 3.63) is 146 Å². The van der Waals surface area contributed by atoms with Gasteiger partial charge in [0, 0.05) is 43.9 Å². The summed E-state index contributed by atoms with van der Waals surface area (Å²) in [5, 5.41) is 0. The van der Waals surface area contributed by atoms with Gasteiger partial charge in [-0.1, -0.05) is 24.3 Å². The molecule has 12 N–H and O–H groups in total. The Morgan fingerprint density at radius 1 is 0.340 bits per heavy atom. The summed E-state index contributed by atoms with van der Waals surface area (Å²) in [6.45, 7) is 0. The number of hydrogen-bond acceptors (Lipinski definition) is 11. The summed E-state index contributed by atoms with van der Waals surface area (Å²) in [5.41, 5.74) is 36.6. The van der Waals surface area contributed by atoms with Crippen LogP contribution in [0.25, 0.3) is 0 Å². The highest BCUT2D eigenvalue weighted by molar-refractivity contribution is 7.91.